The van der Waals surface area contributed by atoms with Gasteiger partial charge in [0.1, 0.15) is 11.5 Å². The Kier molecular flexibility index (Phi) is 8.20. The average molecular weight is 474 g/mol. The summed E-state index contributed by atoms with van der Waals surface area (Å²) >= 11 is 0.770. The Morgan fingerprint density at radius 3 is 2.58 bits per heavy atom. The normalized spacial score (nSPS) is 15.0. The molecule has 3 amide bonds. The van der Waals surface area contributed by atoms with Gasteiger partial charge in [-0.1, -0.05) is 24.3 Å². The lowest BCUT2D eigenvalue weighted by molar-refractivity contribution is -0.123. The highest BCUT2D eigenvalue weighted by molar-refractivity contribution is 8.18. The van der Waals surface area contributed by atoms with Crippen molar-refractivity contribution < 1.29 is 32.6 Å². The van der Waals surface area contributed by atoms with Gasteiger partial charge in [0.2, 0.25) is 5.91 Å². The zero-order valence-electron chi connectivity index (χ0n) is 17.5. The van der Waals surface area contributed by atoms with Gasteiger partial charge in [-0.25, -0.2) is 0 Å². The summed E-state index contributed by atoms with van der Waals surface area (Å²) < 4.78 is 33.9. The monoisotopic (exact) mass is 474 g/mol. The molecule has 1 aliphatic rings. The van der Waals surface area contributed by atoms with Crippen molar-refractivity contribution in [2.24, 2.45) is 0 Å². The molecule has 3 rings (SSSR count). The summed E-state index contributed by atoms with van der Waals surface area (Å²) in [5.41, 5.74) is 1.34. The average Bonchev–Trinajstić information content (AvgIpc) is 3.06. The van der Waals surface area contributed by atoms with E-state index in [2.05, 4.69) is 10.1 Å². The van der Waals surface area contributed by atoms with Crippen LogP contribution >= 0.6 is 11.8 Å². The lowest BCUT2D eigenvalue weighted by Crippen LogP contribution is -2.36. The zero-order valence-corrected chi connectivity index (χ0v) is 18.3. The van der Waals surface area contributed by atoms with E-state index in [1.807, 2.05) is 6.07 Å². The molecule has 0 aliphatic carbocycles. The molecule has 0 unspecified atom stereocenters. The van der Waals surface area contributed by atoms with Crippen LogP contribution in [0.4, 0.5) is 13.6 Å². The van der Waals surface area contributed by atoms with Crippen LogP contribution in [0.15, 0.2) is 59.5 Å². The fourth-order valence-corrected chi connectivity index (χ4v) is 3.72. The van der Waals surface area contributed by atoms with Crippen molar-refractivity contribution in [3.05, 3.63) is 70.6 Å². The lowest BCUT2D eigenvalue weighted by atomic mass is 10.2. The van der Waals surface area contributed by atoms with Gasteiger partial charge in [0, 0.05) is 19.2 Å². The largest absolute Gasteiger partial charge is 0.497 e. The number of imide groups is 1. The van der Waals surface area contributed by atoms with Gasteiger partial charge in [0.05, 0.1) is 12.0 Å². The summed E-state index contributed by atoms with van der Waals surface area (Å²) in [5, 5.41) is 2.18. The number of nitrogens with zero attached hydrogens (tertiary/aromatic N) is 1. The quantitative estimate of drug-likeness (QED) is 0.550. The number of carbonyl (C=O) groups is 3. The van der Waals surface area contributed by atoms with Crippen LogP contribution in [-0.2, 0) is 9.59 Å². The van der Waals surface area contributed by atoms with Crippen LogP contribution in [0.25, 0.3) is 12.2 Å². The van der Waals surface area contributed by atoms with Crippen LogP contribution in [0.2, 0.25) is 0 Å². The second-order valence-corrected chi connectivity index (χ2v) is 7.68. The summed E-state index contributed by atoms with van der Waals surface area (Å²) in [6.45, 7) is -2.82. The van der Waals surface area contributed by atoms with E-state index in [4.69, 9.17) is 4.74 Å². The number of halogens is 2. The van der Waals surface area contributed by atoms with E-state index in [0.29, 0.717) is 11.3 Å². The van der Waals surface area contributed by atoms with Crippen molar-refractivity contribution in [3.8, 4) is 11.5 Å². The molecule has 0 aromatic heterocycles. The maximum absolute atomic E-state index is 12.5. The predicted molar refractivity (Wildman–Crippen MR) is 121 cm³/mol. The van der Waals surface area contributed by atoms with Crippen molar-refractivity contribution in [1.82, 2.24) is 10.2 Å². The van der Waals surface area contributed by atoms with Gasteiger partial charge in [-0.2, -0.15) is 8.78 Å². The number of carbonyl (C=O) groups excluding carboxylic acids is 3. The molecule has 10 heteroatoms. The first-order chi connectivity index (χ1) is 15.9. The van der Waals surface area contributed by atoms with Crippen LogP contribution < -0.4 is 14.8 Å². The van der Waals surface area contributed by atoms with Gasteiger partial charge in [-0.15, -0.1) is 0 Å². The Labute approximate surface area is 193 Å². The van der Waals surface area contributed by atoms with E-state index in [9.17, 15) is 23.2 Å². The number of rotatable bonds is 9. The number of amides is 3. The van der Waals surface area contributed by atoms with Gasteiger partial charge in [0.25, 0.3) is 11.1 Å². The maximum atomic E-state index is 12.5. The predicted octanol–water partition coefficient (Wildman–Crippen LogP) is 4.16. The number of hydrogen-bond acceptors (Lipinski definition) is 6. The molecular weight excluding hydrogens is 454 g/mol. The SMILES string of the molecule is COc1cccc(/C=C/C(=O)NCCN2C(=O)S/C(=C\c3ccc(OC(F)F)cc3)C2=O)c1. The first kappa shape index (κ1) is 24.0. The summed E-state index contributed by atoms with van der Waals surface area (Å²) in [6, 6.07) is 12.9. The fourth-order valence-electron chi connectivity index (χ4n) is 2.86. The second-order valence-electron chi connectivity index (χ2n) is 6.68. The standard InChI is InChI=1S/C23H20F2N2O5S/c1-31-18-4-2-3-15(13-18)7-10-20(28)26-11-12-27-21(29)19(33-23(27)30)14-16-5-8-17(9-6-16)32-22(24)25/h2-10,13-14,22H,11-12H2,1H3,(H,26,28)/b10-7+,19-14-. The van der Waals surface area contributed by atoms with Crippen LogP contribution in [0.1, 0.15) is 11.1 Å². The fraction of sp³-hybridized carbons (Fsp3) is 0.174. The lowest BCUT2D eigenvalue weighted by Gasteiger charge is -2.12. The van der Waals surface area contributed by atoms with Gasteiger partial charge in [-0.05, 0) is 59.3 Å². The highest BCUT2D eigenvalue weighted by Gasteiger charge is 2.34. The molecule has 0 radical (unpaired) electrons. The van der Waals surface area contributed by atoms with Crippen molar-refractivity contribution in [1.29, 1.82) is 0 Å². The first-order valence-electron chi connectivity index (χ1n) is 9.76. The summed E-state index contributed by atoms with van der Waals surface area (Å²) in [4.78, 5) is 38.0. The number of thioether (sulfide) groups is 1. The summed E-state index contributed by atoms with van der Waals surface area (Å²) in [5.74, 6) is -0.195. The first-order valence-corrected chi connectivity index (χ1v) is 10.6. The van der Waals surface area contributed by atoms with E-state index in [0.717, 1.165) is 22.2 Å². The Bertz CT molecular complexity index is 1090. The summed E-state index contributed by atoms with van der Waals surface area (Å²) in [7, 11) is 1.55. The molecule has 1 aliphatic heterocycles. The third-order valence-electron chi connectivity index (χ3n) is 4.43. The summed E-state index contributed by atoms with van der Waals surface area (Å²) in [6.07, 6.45) is 4.47. The topological polar surface area (TPSA) is 84.9 Å². The van der Waals surface area contributed by atoms with E-state index in [1.165, 1.54) is 36.4 Å². The Morgan fingerprint density at radius 1 is 1.12 bits per heavy atom. The van der Waals surface area contributed by atoms with Crippen molar-refractivity contribution in [2.45, 2.75) is 6.61 Å². The molecule has 1 saturated heterocycles. The zero-order chi connectivity index (χ0) is 23.8. The number of benzene rings is 2. The molecule has 0 atom stereocenters. The van der Waals surface area contributed by atoms with Crippen molar-refractivity contribution in [3.63, 3.8) is 0 Å². The highest BCUT2D eigenvalue weighted by Crippen LogP contribution is 2.32. The van der Waals surface area contributed by atoms with E-state index < -0.39 is 17.8 Å². The minimum atomic E-state index is -2.93. The van der Waals surface area contributed by atoms with Gasteiger partial charge in [-0.3, -0.25) is 19.3 Å². The Balaban J connectivity index is 1.52. The molecular formula is C23H20F2N2O5S. The Hall–Kier alpha value is -3.66. The third kappa shape index (κ3) is 6.91. The van der Waals surface area contributed by atoms with Gasteiger partial charge < -0.3 is 14.8 Å². The third-order valence-corrected chi connectivity index (χ3v) is 5.34. The number of ether oxygens (including phenoxy) is 2. The number of hydrogen-bond donors (Lipinski definition) is 1. The van der Waals surface area contributed by atoms with E-state index in [-0.39, 0.29) is 29.7 Å². The molecule has 33 heavy (non-hydrogen) atoms. The number of methoxy groups -OCH3 is 1. The Morgan fingerprint density at radius 2 is 1.88 bits per heavy atom. The molecule has 1 N–H and O–H groups in total. The van der Waals surface area contributed by atoms with Crippen LogP contribution in [-0.4, -0.2) is 48.8 Å². The minimum absolute atomic E-state index is 0.00792. The highest BCUT2D eigenvalue weighted by atomic mass is 32.2. The van der Waals surface area contributed by atoms with Crippen LogP contribution in [0.5, 0.6) is 11.5 Å². The smallest absolute Gasteiger partial charge is 0.387 e. The van der Waals surface area contributed by atoms with Gasteiger partial charge in [0.15, 0.2) is 0 Å². The molecule has 1 heterocycles. The molecule has 7 nitrogen and oxygen atoms in total. The van der Waals surface area contributed by atoms with Crippen LogP contribution in [0.3, 0.4) is 0 Å². The molecule has 2 aromatic carbocycles. The van der Waals surface area contributed by atoms with Crippen molar-refractivity contribution in [2.75, 3.05) is 20.2 Å². The molecule has 0 bridgehead atoms. The number of alkyl halides is 2. The van der Waals surface area contributed by atoms with Crippen LogP contribution in [0, 0.1) is 0 Å². The van der Waals surface area contributed by atoms with Crippen molar-refractivity contribution >= 4 is 41.0 Å². The minimum Gasteiger partial charge on any atom is -0.497 e. The molecule has 172 valence electrons. The van der Waals surface area contributed by atoms with E-state index >= 15 is 0 Å². The second kappa shape index (κ2) is 11.3. The molecule has 2 aromatic rings. The van der Waals surface area contributed by atoms with E-state index in [1.54, 1.807) is 31.4 Å². The molecule has 0 spiro atoms. The van der Waals surface area contributed by atoms with Gasteiger partial charge >= 0.3 is 6.61 Å². The number of nitrogens with one attached hydrogen (secondary N) is 1. The molecule has 0 saturated carbocycles. The maximum Gasteiger partial charge on any atom is 0.387 e. The molecule has 1 fully saturated rings.